The van der Waals surface area contributed by atoms with Crippen molar-refractivity contribution >= 4 is 6.03 Å². The van der Waals surface area contributed by atoms with Crippen molar-refractivity contribution in [2.24, 2.45) is 0 Å². The van der Waals surface area contributed by atoms with Gasteiger partial charge in [0.05, 0.1) is 24.7 Å². The zero-order chi connectivity index (χ0) is 20.0. The lowest BCUT2D eigenvalue weighted by molar-refractivity contribution is -0.666. The molecule has 2 aliphatic heterocycles. The van der Waals surface area contributed by atoms with Crippen LogP contribution in [-0.2, 0) is 6.54 Å². The molecule has 1 spiro atoms. The Balaban J connectivity index is 0.00000300. The Morgan fingerprint density at radius 2 is 2.10 bits per heavy atom. The summed E-state index contributed by atoms with van der Waals surface area (Å²) in [6.07, 6.45) is 7.20. The van der Waals surface area contributed by atoms with Gasteiger partial charge in [0.15, 0.2) is 0 Å². The van der Waals surface area contributed by atoms with Gasteiger partial charge in [-0.05, 0) is 43.9 Å². The van der Waals surface area contributed by atoms with Crippen LogP contribution in [0, 0.1) is 0 Å². The van der Waals surface area contributed by atoms with E-state index >= 15 is 0 Å². The number of nitrogens with zero attached hydrogens (tertiary/aromatic N) is 2. The summed E-state index contributed by atoms with van der Waals surface area (Å²) in [5, 5.41) is 2.37. The molecule has 2 N–H and O–H groups in total. The topological polar surface area (TPSA) is 49.4 Å². The van der Waals surface area contributed by atoms with Gasteiger partial charge in [0.25, 0.3) is 0 Å². The summed E-state index contributed by atoms with van der Waals surface area (Å²) in [4.78, 5) is 17.5. The minimum absolute atomic E-state index is 0. The molecule has 0 aromatic heterocycles. The highest BCUT2D eigenvalue weighted by Crippen LogP contribution is 2.35. The fourth-order valence-electron chi connectivity index (χ4n) is 4.37. The molecule has 0 bridgehead atoms. The van der Waals surface area contributed by atoms with E-state index in [0.29, 0.717) is 6.54 Å². The second-order valence-electron chi connectivity index (χ2n) is 8.30. The Bertz CT molecular complexity index is 676. The van der Waals surface area contributed by atoms with Gasteiger partial charge in [-0.2, -0.15) is 0 Å². The van der Waals surface area contributed by atoms with Crippen LogP contribution >= 0.6 is 0 Å². The Morgan fingerprint density at radius 1 is 1.34 bits per heavy atom. The number of unbranched alkanes of at least 4 members (excludes halogenated alkanes) is 1. The van der Waals surface area contributed by atoms with E-state index < -0.39 is 0 Å². The number of benzene rings is 1. The third kappa shape index (κ3) is 5.67. The van der Waals surface area contributed by atoms with E-state index in [1.54, 1.807) is 0 Å². The fraction of sp³-hybridized carbons (Fsp3) is 0.609. The minimum atomic E-state index is -0.0203. The second-order valence-corrected chi connectivity index (χ2v) is 8.30. The predicted octanol–water partition coefficient (Wildman–Crippen LogP) is 0.168. The highest BCUT2D eigenvalue weighted by molar-refractivity contribution is 5.78. The van der Waals surface area contributed by atoms with Crippen molar-refractivity contribution in [1.29, 1.82) is 0 Å². The SMILES string of the molecule is C=CCCCN1CC2(CC[NH2+]CC2)N(Cc2cccc(O[C@H](C)CC)c2)C1=O.[Cl-]. The molecule has 162 valence electrons. The second kappa shape index (κ2) is 10.9. The maximum absolute atomic E-state index is 13.3. The van der Waals surface area contributed by atoms with Crippen molar-refractivity contribution in [3.8, 4) is 5.75 Å². The molecule has 6 heteroatoms. The van der Waals surface area contributed by atoms with Crippen LogP contribution in [0.15, 0.2) is 36.9 Å². The van der Waals surface area contributed by atoms with Crippen LogP contribution in [0.5, 0.6) is 5.75 Å². The quantitative estimate of drug-likeness (QED) is 0.456. The van der Waals surface area contributed by atoms with E-state index in [1.807, 2.05) is 18.2 Å². The minimum Gasteiger partial charge on any atom is -1.00 e. The molecule has 2 fully saturated rings. The molecule has 0 saturated carbocycles. The van der Waals surface area contributed by atoms with E-state index in [2.05, 4.69) is 47.7 Å². The van der Waals surface area contributed by atoms with Crippen LogP contribution in [0.3, 0.4) is 0 Å². The van der Waals surface area contributed by atoms with Crippen molar-refractivity contribution < 1.29 is 27.3 Å². The molecular formula is C23H36ClN3O2. The van der Waals surface area contributed by atoms with Crippen molar-refractivity contribution in [3.05, 3.63) is 42.5 Å². The number of halogens is 1. The van der Waals surface area contributed by atoms with Crippen molar-refractivity contribution in [1.82, 2.24) is 9.80 Å². The van der Waals surface area contributed by atoms with Crippen molar-refractivity contribution in [2.75, 3.05) is 26.2 Å². The average Bonchev–Trinajstić information content (AvgIpc) is 2.94. The number of allylic oxidation sites excluding steroid dienone is 1. The van der Waals surface area contributed by atoms with Crippen LogP contribution in [0.1, 0.15) is 51.5 Å². The fourth-order valence-corrected chi connectivity index (χ4v) is 4.37. The first-order valence-corrected chi connectivity index (χ1v) is 10.8. The molecule has 1 aromatic rings. The molecule has 2 saturated heterocycles. The van der Waals surface area contributed by atoms with E-state index in [4.69, 9.17) is 4.74 Å². The van der Waals surface area contributed by atoms with E-state index in [-0.39, 0.29) is 30.1 Å². The first-order valence-electron chi connectivity index (χ1n) is 10.8. The normalized spacial score (nSPS) is 19.2. The number of carbonyl (C=O) groups is 1. The molecule has 5 nitrogen and oxygen atoms in total. The molecule has 0 aliphatic carbocycles. The summed E-state index contributed by atoms with van der Waals surface area (Å²) in [5.74, 6) is 0.896. The number of quaternary nitrogens is 1. The van der Waals surface area contributed by atoms with Gasteiger partial charge in [0, 0.05) is 32.5 Å². The van der Waals surface area contributed by atoms with Crippen LogP contribution in [0.4, 0.5) is 4.79 Å². The highest BCUT2D eigenvalue weighted by atomic mass is 35.5. The maximum Gasteiger partial charge on any atom is 0.320 e. The zero-order valence-corrected chi connectivity index (χ0v) is 18.7. The van der Waals surface area contributed by atoms with E-state index in [0.717, 1.165) is 69.6 Å². The van der Waals surface area contributed by atoms with Gasteiger partial charge >= 0.3 is 6.03 Å². The average molecular weight is 422 g/mol. The Morgan fingerprint density at radius 3 is 2.79 bits per heavy atom. The molecule has 2 aliphatic rings. The first-order chi connectivity index (χ1) is 13.6. The van der Waals surface area contributed by atoms with Crippen LogP contribution < -0.4 is 22.5 Å². The molecule has 1 atom stereocenters. The zero-order valence-electron chi connectivity index (χ0n) is 17.9. The first kappa shape index (κ1) is 23.6. The third-order valence-corrected chi connectivity index (χ3v) is 6.17. The number of ether oxygens (including phenoxy) is 1. The molecular weight excluding hydrogens is 386 g/mol. The summed E-state index contributed by atoms with van der Waals surface area (Å²) >= 11 is 0. The summed E-state index contributed by atoms with van der Waals surface area (Å²) < 4.78 is 5.99. The molecule has 2 amide bonds. The van der Waals surface area contributed by atoms with Crippen LogP contribution in [0.25, 0.3) is 0 Å². The third-order valence-electron chi connectivity index (χ3n) is 6.17. The van der Waals surface area contributed by atoms with E-state index in [1.165, 1.54) is 0 Å². The maximum atomic E-state index is 13.3. The number of piperidine rings is 1. The molecule has 3 rings (SSSR count). The number of urea groups is 1. The molecule has 1 aromatic carbocycles. The predicted molar refractivity (Wildman–Crippen MR) is 112 cm³/mol. The lowest BCUT2D eigenvalue weighted by Gasteiger charge is -2.38. The van der Waals surface area contributed by atoms with Gasteiger partial charge in [-0.3, -0.25) is 0 Å². The summed E-state index contributed by atoms with van der Waals surface area (Å²) in [6.45, 7) is 12.6. The lowest BCUT2D eigenvalue weighted by Crippen LogP contribution is -3.00. The lowest BCUT2D eigenvalue weighted by atomic mass is 9.87. The van der Waals surface area contributed by atoms with Gasteiger partial charge in [-0.1, -0.05) is 25.1 Å². The summed E-state index contributed by atoms with van der Waals surface area (Å²) in [5.41, 5.74) is 1.13. The van der Waals surface area contributed by atoms with Crippen molar-refractivity contribution in [3.63, 3.8) is 0 Å². The number of rotatable bonds is 9. The monoisotopic (exact) mass is 421 g/mol. The van der Waals surface area contributed by atoms with Gasteiger partial charge < -0.3 is 32.3 Å². The van der Waals surface area contributed by atoms with Crippen LogP contribution in [0.2, 0.25) is 0 Å². The molecule has 0 radical (unpaired) electrons. The number of hydrogen-bond acceptors (Lipinski definition) is 2. The number of carbonyl (C=O) groups excluding carboxylic acids is 1. The molecule has 2 heterocycles. The Labute approximate surface area is 181 Å². The van der Waals surface area contributed by atoms with Crippen molar-refractivity contribution in [2.45, 2.75) is 64.1 Å². The summed E-state index contributed by atoms with van der Waals surface area (Å²) in [7, 11) is 0. The van der Waals surface area contributed by atoms with Gasteiger partial charge in [0.1, 0.15) is 5.75 Å². The van der Waals surface area contributed by atoms with Crippen LogP contribution in [-0.4, -0.2) is 53.7 Å². The Kier molecular flexibility index (Phi) is 8.84. The number of hydrogen-bond donors (Lipinski definition) is 1. The van der Waals surface area contributed by atoms with E-state index in [9.17, 15) is 4.79 Å². The van der Waals surface area contributed by atoms with Gasteiger partial charge in [-0.15, -0.1) is 6.58 Å². The highest BCUT2D eigenvalue weighted by Gasteiger charge is 2.50. The summed E-state index contributed by atoms with van der Waals surface area (Å²) in [6, 6.07) is 8.45. The smallest absolute Gasteiger partial charge is 0.320 e. The van der Waals surface area contributed by atoms with Gasteiger partial charge in [0.2, 0.25) is 0 Å². The standard InChI is InChI=1S/C23H35N3O2.ClH/c1-4-6-7-15-25-18-23(11-13-24-14-12-23)26(22(25)27)17-20-9-8-10-21(16-20)28-19(3)5-2;/h4,8-10,16,19,24H,1,5-7,11-15,17-18H2,2-3H3;1H/t19-;/m1./s1. The molecule has 29 heavy (non-hydrogen) atoms. The van der Waals surface area contributed by atoms with Gasteiger partial charge in [-0.25, -0.2) is 4.79 Å². The number of nitrogens with two attached hydrogens (primary N) is 1. The Hall–Kier alpha value is -1.72. The molecule has 0 unspecified atom stereocenters. The largest absolute Gasteiger partial charge is 1.00 e. The number of amides is 2.